The van der Waals surface area contributed by atoms with Gasteiger partial charge >= 0.3 is 0 Å². The van der Waals surface area contributed by atoms with Crippen molar-refractivity contribution in [3.05, 3.63) is 76.6 Å². The molecule has 27 heavy (non-hydrogen) atoms. The van der Waals surface area contributed by atoms with Crippen LogP contribution in [-0.4, -0.2) is 18.4 Å². The Morgan fingerprint density at radius 1 is 1.11 bits per heavy atom. The number of thiophene rings is 1. The van der Waals surface area contributed by atoms with Crippen LogP contribution in [0.25, 0.3) is 0 Å². The molecule has 1 unspecified atom stereocenters. The van der Waals surface area contributed by atoms with E-state index >= 15 is 0 Å². The third-order valence-corrected chi connectivity index (χ3v) is 5.53. The van der Waals surface area contributed by atoms with Gasteiger partial charge in [0.25, 0.3) is 11.8 Å². The van der Waals surface area contributed by atoms with E-state index in [0.717, 1.165) is 12.0 Å². The van der Waals surface area contributed by atoms with Crippen LogP contribution in [-0.2, 0) is 0 Å². The number of aryl methyl sites for hydroxylation is 1. The van der Waals surface area contributed by atoms with Gasteiger partial charge in [0.15, 0.2) is 5.76 Å². The van der Waals surface area contributed by atoms with Gasteiger partial charge in [-0.1, -0.05) is 37.3 Å². The SMILES string of the molecule is CCC(CNC(=O)c1sc(NC(=O)c2ccco2)cc1C)c1ccccc1. The summed E-state index contributed by atoms with van der Waals surface area (Å²) in [5.74, 6) is 0.0583. The highest BCUT2D eigenvalue weighted by Gasteiger charge is 2.18. The molecule has 1 aromatic carbocycles. The van der Waals surface area contributed by atoms with Gasteiger partial charge in [-0.05, 0) is 42.7 Å². The highest BCUT2D eigenvalue weighted by Crippen LogP contribution is 2.27. The summed E-state index contributed by atoms with van der Waals surface area (Å²) in [6.07, 6.45) is 2.39. The normalized spacial score (nSPS) is 11.8. The lowest BCUT2D eigenvalue weighted by atomic mass is 9.96. The van der Waals surface area contributed by atoms with Crippen LogP contribution in [0.5, 0.6) is 0 Å². The summed E-state index contributed by atoms with van der Waals surface area (Å²) in [7, 11) is 0. The molecule has 1 atom stereocenters. The molecule has 0 saturated heterocycles. The van der Waals surface area contributed by atoms with Crippen molar-refractivity contribution in [2.75, 3.05) is 11.9 Å². The molecule has 2 heterocycles. The third-order valence-electron chi connectivity index (χ3n) is 4.38. The monoisotopic (exact) mass is 382 g/mol. The van der Waals surface area contributed by atoms with E-state index in [9.17, 15) is 9.59 Å². The molecule has 2 amide bonds. The molecular formula is C21H22N2O3S. The molecule has 0 aliphatic carbocycles. The zero-order chi connectivity index (χ0) is 19.2. The number of carbonyl (C=O) groups is 2. The molecule has 0 spiro atoms. The second-order valence-corrected chi connectivity index (χ2v) is 7.33. The Balaban J connectivity index is 1.63. The summed E-state index contributed by atoms with van der Waals surface area (Å²) < 4.78 is 5.08. The van der Waals surface area contributed by atoms with Gasteiger partial charge in [0, 0.05) is 12.5 Å². The van der Waals surface area contributed by atoms with Crippen LogP contribution in [0.15, 0.2) is 59.2 Å². The minimum Gasteiger partial charge on any atom is -0.459 e. The molecule has 0 aliphatic rings. The Hall–Kier alpha value is -2.86. The quantitative estimate of drug-likeness (QED) is 0.615. The van der Waals surface area contributed by atoms with Crippen molar-refractivity contribution in [3.8, 4) is 0 Å². The van der Waals surface area contributed by atoms with E-state index in [2.05, 4.69) is 29.7 Å². The summed E-state index contributed by atoms with van der Waals surface area (Å²) in [6.45, 7) is 4.55. The van der Waals surface area contributed by atoms with E-state index in [1.165, 1.54) is 23.2 Å². The van der Waals surface area contributed by atoms with E-state index < -0.39 is 0 Å². The van der Waals surface area contributed by atoms with Crippen molar-refractivity contribution in [1.29, 1.82) is 0 Å². The minimum absolute atomic E-state index is 0.120. The van der Waals surface area contributed by atoms with Crippen molar-refractivity contribution >= 4 is 28.2 Å². The Morgan fingerprint density at radius 3 is 2.56 bits per heavy atom. The highest BCUT2D eigenvalue weighted by molar-refractivity contribution is 7.18. The van der Waals surface area contributed by atoms with Crippen LogP contribution in [0.2, 0.25) is 0 Å². The molecule has 140 valence electrons. The first-order valence-electron chi connectivity index (χ1n) is 8.87. The molecule has 3 rings (SSSR count). The maximum atomic E-state index is 12.6. The zero-order valence-corrected chi connectivity index (χ0v) is 16.1. The summed E-state index contributed by atoms with van der Waals surface area (Å²) in [5, 5.41) is 6.41. The predicted octanol–water partition coefficient (Wildman–Crippen LogP) is 4.83. The van der Waals surface area contributed by atoms with E-state index in [1.54, 1.807) is 18.2 Å². The first-order chi connectivity index (χ1) is 13.1. The van der Waals surface area contributed by atoms with Crippen LogP contribution in [0, 0.1) is 6.92 Å². The van der Waals surface area contributed by atoms with Crippen LogP contribution in [0.1, 0.15) is 50.6 Å². The first kappa shape index (κ1) is 18.9. The van der Waals surface area contributed by atoms with Crippen LogP contribution in [0.4, 0.5) is 5.00 Å². The average Bonchev–Trinajstić information content (AvgIpc) is 3.33. The number of hydrogen-bond acceptors (Lipinski definition) is 4. The number of amides is 2. The molecule has 5 nitrogen and oxygen atoms in total. The van der Waals surface area contributed by atoms with Gasteiger partial charge in [-0.25, -0.2) is 0 Å². The third kappa shape index (κ3) is 4.65. The lowest BCUT2D eigenvalue weighted by Gasteiger charge is -2.16. The number of hydrogen-bond donors (Lipinski definition) is 2. The van der Waals surface area contributed by atoms with Crippen molar-refractivity contribution in [2.45, 2.75) is 26.2 Å². The van der Waals surface area contributed by atoms with Gasteiger partial charge in [0.05, 0.1) is 16.1 Å². The largest absolute Gasteiger partial charge is 0.459 e. The van der Waals surface area contributed by atoms with E-state index in [-0.39, 0.29) is 23.5 Å². The summed E-state index contributed by atoms with van der Waals surface area (Å²) >= 11 is 1.26. The van der Waals surface area contributed by atoms with Gasteiger partial charge in [0.2, 0.25) is 0 Å². The summed E-state index contributed by atoms with van der Waals surface area (Å²) in [5.41, 5.74) is 2.05. The molecule has 2 aromatic heterocycles. The van der Waals surface area contributed by atoms with Crippen LogP contribution >= 0.6 is 11.3 Å². The van der Waals surface area contributed by atoms with E-state index in [1.807, 2.05) is 25.1 Å². The molecule has 6 heteroatoms. The fourth-order valence-corrected chi connectivity index (χ4v) is 3.85. The van der Waals surface area contributed by atoms with E-state index in [0.29, 0.717) is 16.4 Å². The molecule has 2 N–H and O–H groups in total. The molecule has 0 aliphatic heterocycles. The number of rotatable bonds is 7. The van der Waals surface area contributed by atoms with Gasteiger partial charge in [-0.3, -0.25) is 9.59 Å². The fourth-order valence-electron chi connectivity index (χ4n) is 2.87. The molecule has 0 bridgehead atoms. The lowest BCUT2D eigenvalue weighted by Crippen LogP contribution is -2.28. The number of nitrogens with one attached hydrogen (secondary N) is 2. The number of benzene rings is 1. The number of furan rings is 1. The van der Waals surface area contributed by atoms with Gasteiger partial charge in [0.1, 0.15) is 0 Å². The van der Waals surface area contributed by atoms with Crippen molar-refractivity contribution in [1.82, 2.24) is 5.32 Å². The Bertz CT molecular complexity index is 901. The van der Waals surface area contributed by atoms with Crippen LogP contribution < -0.4 is 10.6 Å². The topological polar surface area (TPSA) is 71.3 Å². The Kier molecular flexibility index (Phi) is 6.08. The maximum absolute atomic E-state index is 12.6. The maximum Gasteiger partial charge on any atom is 0.291 e. The standard InChI is InChI=1S/C21H22N2O3S/c1-3-15(16-8-5-4-6-9-16)13-22-21(25)19-14(2)12-18(27-19)23-20(24)17-10-7-11-26-17/h4-12,15H,3,13H2,1-2H3,(H,22,25)(H,23,24). The lowest BCUT2D eigenvalue weighted by molar-refractivity contribution is 0.0953. The molecular weight excluding hydrogens is 360 g/mol. The van der Waals surface area contributed by atoms with Crippen molar-refractivity contribution in [3.63, 3.8) is 0 Å². The first-order valence-corrected chi connectivity index (χ1v) is 9.68. The molecule has 3 aromatic rings. The number of carbonyl (C=O) groups excluding carboxylic acids is 2. The Morgan fingerprint density at radius 2 is 1.89 bits per heavy atom. The van der Waals surface area contributed by atoms with Crippen LogP contribution in [0.3, 0.4) is 0 Å². The smallest absolute Gasteiger partial charge is 0.291 e. The summed E-state index contributed by atoms with van der Waals surface area (Å²) in [4.78, 5) is 25.3. The van der Waals surface area contributed by atoms with Gasteiger partial charge < -0.3 is 15.1 Å². The van der Waals surface area contributed by atoms with E-state index in [4.69, 9.17) is 4.42 Å². The van der Waals surface area contributed by atoms with Crippen molar-refractivity contribution < 1.29 is 14.0 Å². The molecule has 0 saturated carbocycles. The molecule has 0 fully saturated rings. The van der Waals surface area contributed by atoms with Gasteiger partial charge in [-0.2, -0.15) is 0 Å². The van der Waals surface area contributed by atoms with Gasteiger partial charge in [-0.15, -0.1) is 11.3 Å². The number of anilines is 1. The second-order valence-electron chi connectivity index (χ2n) is 6.28. The van der Waals surface area contributed by atoms with Crippen molar-refractivity contribution in [2.24, 2.45) is 0 Å². The second kappa shape index (κ2) is 8.68. The highest BCUT2D eigenvalue weighted by atomic mass is 32.1. The predicted molar refractivity (Wildman–Crippen MR) is 108 cm³/mol. The fraction of sp³-hybridized carbons (Fsp3) is 0.238. The minimum atomic E-state index is -0.330. The average molecular weight is 382 g/mol. The Labute approximate surface area is 162 Å². The summed E-state index contributed by atoms with van der Waals surface area (Å²) in [6, 6.07) is 15.2. The zero-order valence-electron chi connectivity index (χ0n) is 15.3. The molecule has 0 radical (unpaired) electrons.